The molecule has 0 aliphatic carbocycles. The van der Waals surface area contributed by atoms with Crippen LogP contribution in [0.2, 0.25) is 0 Å². The van der Waals surface area contributed by atoms with E-state index in [4.69, 9.17) is 5.11 Å². The molecule has 2 aliphatic rings. The minimum Gasteiger partial charge on any atom is -0.481 e. The molecule has 1 amide bonds. The number of amides is 1. The van der Waals surface area contributed by atoms with Gasteiger partial charge in [-0.3, -0.25) is 9.59 Å². The van der Waals surface area contributed by atoms with Gasteiger partial charge in [0.1, 0.15) is 0 Å². The molecule has 1 atom stereocenters. The van der Waals surface area contributed by atoms with Crippen molar-refractivity contribution in [1.29, 1.82) is 0 Å². The lowest BCUT2D eigenvalue weighted by Gasteiger charge is -2.33. The van der Waals surface area contributed by atoms with E-state index in [1.807, 2.05) is 17.0 Å². The first-order chi connectivity index (χ1) is 10.6. The first-order valence-corrected chi connectivity index (χ1v) is 7.96. The summed E-state index contributed by atoms with van der Waals surface area (Å²) in [5.41, 5.74) is 2.47. The fourth-order valence-corrected chi connectivity index (χ4v) is 3.54. The Morgan fingerprint density at radius 2 is 2.05 bits per heavy atom. The van der Waals surface area contributed by atoms with Gasteiger partial charge in [0, 0.05) is 31.7 Å². The van der Waals surface area contributed by atoms with Gasteiger partial charge < -0.3 is 14.9 Å². The lowest BCUT2D eigenvalue weighted by atomic mass is 9.95. The standard InChI is InChI=1S/C17H22N2O3/c20-16(19-8-3-4-13(11-19)10-17(21)22)12-18-9-7-14-5-1-2-6-15(14)18/h1-2,5-6,13H,3-4,7-12H2,(H,21,22)/t13-/m0/s1. The molecule has 0 radical (unpaired) electrons. The highest BCUT2D eigenvalue weighted by molar-refractivity contribution is 5.82. The third-order valence-corrected chi connectivity index (χ3v) is 4.64. The number of fused-ring (bicyclic) bond motifs is 1. The van der Waals surface area contributed by atoms with Crippen molar-refractivity contribution in [2.75, 3.05) is 31.1 Å². The second-order valence-corrected chi connectivity index (χ2v) is 6.25. The van der Waals surface area contributed by atoms with E-state index in [1.54, 1.807) is 0 Å². The van der Waals surface area contributed by atoms with Gasteiger partial charge in [0.05, 0.1) is 6.54 Å². The fraction of sp³-hybridized carbons (Fsp3) is 0.529. The molecule has 1 saturated heterocycles. The zero-order valence-corrected chi connectivity index (χ0v) is 12.7. The molecule has 5 nitrogen and oxygen atoms in total. The zero-order valence-electron chi connectivity index (χ0n) is 12.7. The number of benzene rings is 1. The maximum absolute atomic E-state index is 12.5. The molecule has 1 aromatic carbocycles. The number of carbonyl (C=O) groups is 2. The maximum atomic E-state index is 12.5. The summed E-state index contributed by atoms with van der Waals surface area (Å²) in [5.74, 6) is -0.555. The van der Waals surface area contributed by atoms with Gasteiger partial charge in [-0.15, -0.1) is 0 Å². The summed E-state index contributed by atoms with van der Waals surface area (Å²) in [6.45, 7) is 2.62. The summed E-state index contributed by atoms with van der Waals surface area (Å²) < 4.78 is 0. The van der Waals surface area contributed by atoms with Gasteiger partial charge in [-0.2, -0.15) is 0 Å². The van der Waals surface area contributed by atoms with Crippen LogP contribution in [0.15, 0.2) is 24.3 Å². The van der Waals surface area contributed by atoms with Crippen molar-refractivity contribution in [1.82, 2.24) is 4.90 Å². The Morgan fingerprint density at radius 3 is 2.86 bits per heavy atom. The second-order valence-electron chi connectivity index (χ2n) is 6.25. The molecule has 1 fully saturated rings. The Bertz CT molecular complexity index is 573. The summed E-state index contributed by atoms with van der Waals surface area (Å²) in [5, 5.41) is 8.92. The number of carboxylic acids is 1. The number of likely N-dealkylation sites (tertiary alicyclic amines) is 1. The van der Waals surface area contributed by atoms with E-state index in [0.717, 1.165) is 38.0 Å². The smallest absolute Gasteiger partial charge is 0.303 e. The molecule has 0 saturated carbocycles. The highest BCUT2D eigenvalue weighted by Gasteiger charge is 2.27. The van der Waals surface area contributed by atoms with E-state index in [1.165, 1.54) is 5.56 Å². The summed E-state index contributed by atoms with van der Waals surface area (Å²) in [6.07, 6.45) is 2.96. The molecule has 0 aromatic heterocycles. The predicted octanol–water partition coefficient (Wildman–Crippen LogP) is 1.76. The Balaban J connectivity index is 1.59. The van der Waals surface area contributed by atoms with Gasteiger partial charge >= 0.3 is 5.97 Å². The number of hydrogen-bond acceptors (Lipinski definition) is 3. The van der Waals surface area contributed by atoms with Crippen LogP contribution in [0.25, 0.3) is 0 Å². The monoisotopic (exact) mass is 302 g/mol. The Labute approximate surface area is 130 Å². The molecule has 0 bridgehead atoms. The van der Waals surface area contributed by atoms with Crippen LogP contribution in [0, 0.1) is 5.92 Å². The van der Waals surface area contributed by atoms with Gasteiger partial charge in [0.15, 0.2) is 0 Å². The molecule has 1 aromatic rings. The highest BCUT2D eigenvalue weighted by Crippen LogP contribution is 2.27. The van der Waals surface area contributed by atoms with E-state index >= 15 is 0 Å². The first-order valence-electron chi connectivity index (χ1n) is 7.96. The van der Waals surface area contributed by atoms with E-state index in [9.17, 15) is 9.59 Å². The minimum atomic E-state index is -0.771. The van der Waals surface area contributed by atoms with Crippen molar-refractivity contribution >= 4 is 17.6 Å². The summed E-state index contributed by atoms with van der Waals surface area (Å²) in [6, 6.07) is 8.22. The molecule has 3 rings (SSSR count). The lowest BCUT2D eigenvalue weighted by Crippen LogP contribution is -2.45. The predicted molar refractivity (Wildman–Crippen MR) is 83.9 cm³/mol. The molecule has 0 spiro atoms. The number of carbonyl (C=O) groups excluding carboxylic acids is 1. The van der Waals surface area contributed by atoms with Crippen molar-refractivity contribution in [3.63, 3.8) is 0 Å². The topological polar surface area (TPSA) is 60.9 Å². The quantitative estimate of drug-likeness (QED) is 0.920. The van der Waals surface area contributed by atoms with Gasteiger partial charge in [0.2, 0.25) is 5.91 Å². The zero-order chi connectivity index (χ0) is 15.5. The van der Waals surface area contributed by atoms with E-state index in [2.05, 4.69) is 17.0 Å². The number of rotatable bonds is 4. The Morgan fingerprint density at radius 1 is 1.23 bits per heavy atom. The fourth-order valence-electron chi connectivity index (χ4n) is 3.54. The van der Waals surface area contributed by atoms with Crippen molar-refractivity contribution in [2.45, 2.75) is 25.7 Å². The van der Waals surface area contributed by atoms with Gasteiger partial charge in [-0.25, -0.2) is 0 Å². The summed E-state index contributed by atoms with van der Waals surface area (Å²) in [4.78, 5) is 27.4. The van der Waals surface area contributed by atoms with Crippen LogP contribution in [0.4, 0.5) is 5.69 Å². The summed E-state index contributed by atoms with van der Waals surface area (Å²) >= 11 is 0. The van der Waals surface area contributed by atoms with E-state index in [-0.39, 0.29) is 18.2 Å². The molecule has 118 valence electrons. The van der Waals surface area contributed by atoms with Crippen LogP contribution >= 0.6 is 0 Å². The molecule has 2 heterocycles. The van der Waals surface area contributed by atoms with E-state index in [0.29, 0.717) is 13.1 Å². The number of piperidine rings is 1. The van der Waals surface area contributed by atoms with Gasteiger partial charge in [-0.1, -0.05) is 18.2 Å². The van der Waals surface area contributed by atoms with Gasteiger partial charge in [0.25, 0.3) is 0 Å². The largest absolute Gasteiger partial charge is 0.481 e. The number of para-hydroxylation sites is 1. The molecule has 0 unspecified atom stereocenters. The Hall–Kier alpha value is -2.04. The van der Waals surface area contributed by atoms with Gasteiger partial charge in [-0.05, 0) is 36.8 Å². The number of carboxylic acid groups (broad SMARTS) is 1. The van der Waals surface area contributed by atoms with Crippen molar-refractivity contribution < 1.29 is 14.7 Å². The number of nitrogens with zero attached hydrogens (tertiary/aromatic N) is 2. The third kappa shape index (κ3) is 3.24. The van der Waals surface area contributed by atoms with Crippen molar-refractivity contribution in [3.8, 4) is 0 Å². The molecular weight excluding hydrogens is 280 g/mol. The SMILES string of the molecule is O=C(O)C[C@@H]1CCCN(C(=O)CN2CCc3ccccc32)C1. The normalized spacial score (nSPS) is 20.8. The number of aliphatic carboxylic acids is 1. The number of hydrogen-bond donors (Lipinski definition) is 1. The number of anilines is 1. The molecular formula is C17H22N2O3. The molecule has 1 N–H and O–H groups in total. The first kappa shape index (κ1) is 14.9. The van der Waals surface area contributed by atoms with Crippen LogP contribution in [0.3, 0.4) is 0 Å². The average molecular weight is 302 g/mol. The average Bonchev–Trinajstić information content (AvgIpc) is 2.90. The minimum absolute atomic E-state index is 0.0982. The van der Waals surface area contributed by atoms with Crippen LogP contribution in [0.1, 0.15) is 24.8 Å². The van der Waals surface area contributed by atoms with Crippen molar-refractivity contribution in [2.24, 2.45) is 5.92 Å². The summed E-state index contributed by atoms with van der Waals surface area (Å²) in [7, 11) is 0. The van der Waals surface area contributed by atoms with Crippen molar-refractivity contribution in [3.05, 3.63) is 29.8 Å². The van der Waals surface area contributed by atoms with Crippen LogP contribution in [0.5, 0.6) is 0 Å². The van der Waals surface area contributed by atoms with Crippen LogP contribution < -0.4 is 4.90 Å². The highest BCUT2D eigenvalue weighted by atomic mass is 16.4. The Kier molecular flexibility index (Phi) is 4.32. The second kappa shape index (κ2) is 6.38. The van der Waals surface area contributed by atoms with Crippen LogP contribution in [-0.4, -0.2) is 48.1 Å². The molecule has 5 heteroatoms. The van der Waals surface area contributed by atoms with E-state index < -0.39 is 5.97 Å². The third-order valence-electron chi connectivity index (χ3n) is 4.64. The van der Waals surface area contributed by atoms with Crippen LogP contribution in [-0.2, 0) is 16.0 Å². The maximum Gasteiger partial charge on any atom is 0.303 e. The molecule has 2 aliphatic heterocycles. The lowest BCUT2D eigenvalue weighted by molar-refractivity contribution is -0.140. The molecule has 22 heavy (non-hydrogen) atoms.